The number of methoxy groups -OCH3 is 1. The monoisotopic (exact) mass is 423 g/mol. The van der Waals surface area contributed by atoms with E-state index in [2.05, 4.69) is 16.8 Å². The lowest BCUT2D eigenvalue weighted by Crippen LogP contribution is -2.25. The first-order chi connectivity index (χ1) is 14.7. The molecule has 3 aromatic rings. The van der Waals surface area contributed by atoms with Gasteiger partial charge in [-0.05, 0) is 29.8 Å². The Hall–Kier alpha value is -3.26. The summed E-state index contributed by atoms with van der Waals surface area (Å²) >= 11 is 1.56. The second-order valence-corrected chi connectivity index (χ2v) is 7.52. The lowest BCUT2D eigenvalue weighted by Gasteiger charge is -2.26. The minimum Gasteiger partial charge on any atom is -0.485 e. The zero-order valence-corrected chi connectivity index (χ0v) is 17.3. The number of ether oxygens (including phenoxy) is 3. The van der Waals surface area contributed by atoms with E-state index in [1.807, 2.05) is 41.0 Å². The van der Waals surface area contributed by atoms with Crippen molar-refractivity contribution in [1.29, 1.82) is 0 Å². The lowest BCUT2D eigenvalue weighted by molar-refractivity contribution is 0.0600. The number of esters is 1. The fourth-order valence-electron chi connectivity index (χ4n) is 3.10. The normalized spacial score (nSPS) is 14.9. The Labute approximate surface area is 178 Å². The maximum absolute atomic E-state index is 11.6. The van der Waals surface area contributed by atoms with Gasteiger partial charge in [0.05, 0.1) is 12.7 Å². The molecule has 0 amide bonds. The summed E-state index contributed by atoms with van der Waals surface area (Å²) in [6.07, 6.45) is 1.46. The Kier molecular flexibility index (Phi) is 6.04. The summed E-state index contributed by atoms with van der Waals surface area (Å²) in [5.41, 5.74) is 1.59. The number of nitrogens with zero attached hydrogens (tertiary/aromatic N) is 3. The standard InChI is InChI=1S/C22H21N3O4S/c1-3-12-25-20(19-13-28-17-6-4-5-7-18(17)29-19)23-24-22(25)30-14-15-8-10-16(11-9-15)21(26)27-2/h3-11,19H,1,12-14H2,2H3. The maximum Gasteiger partial charge on any atom is 0.337 e. The molecule has 1 aliphatic rings. The van der Waals surface area contributed by atoms with Crippen LogP contribution in [-0.2, 0) is 17.0 Å². The topological polar surface area (TPSA) is 75.5 Å². The molecule has 8 heteroatoms. The van der Waals surface area contributed by atoms with Crippen LogP contribution in [0.4, 0.5) is 0 Å². The summed E-state index contributed by atoms with van der Waals surface area (Å²) in [6.45, 7) is 4.78. The van der Waals surface area contributed by atoms with E-state index in [1.165, 1.54) is 7.11 Å². The van der Waals surface area contributed by atoms with Crippen molar-refractivity contribution in [2.75, 3.05) is 13.7 Å². The number of fused-ring (bicyclic) bond motifs is 1. The van der Waals surface area contributed by atoms with Crippen molar-refractivity contribution in [3.05, 3.63) is 78.1 Å². The van der Waals surface area contributed by atoms with Gasteiger partial charge in [-0.3, -0.25) is 4.57 Å². The predicted octanol–water partition coefficient (Wildman–Crippen LogP) is 4.06. The van der Waals surface area contributed by atoms with E-state index in [1.54, 1.807) is 30.0 Å². The minimum atomic E-state index is -0.346. The molecule has 1 unspecified atom stereocenters. The molecule has 0 fully saturated rings. The van der Waals surface area contributed by atoms with Gasteiger partial charge >= 0.3 is 5.97 Å². The number of allylic oxidation sites excluding steroid dienone is 1. The van der Waals surface area contributed by atoms with Crippen LogP contribution in [0.3, 0.4) is 0 Å². The highest BCUT2D eigenvalue weighted by Crippen LogP contribution is 2.36. The molecule has 0 saturated heterocycles. The van der Waals surface area contributed by atoms with E-state index in [0.717, 1.165) is 16.5 Å². The van der Waals surface area contributed by atoms with Crippen LogP contribution in [0.2, 0.25) is 0 Å². The molecule has 2 aromatic carbocycles. The molecule has 0 aliphatic carbocycles. The number of rotatable bonds is 7. The quantitative estimate of drug-likeness (QED) is 0.322. The molecular weight excluding hydrogens is 402 g/mol. The van der Waals surface area contributed by atoms with Crippen LogP contribution < -0.4 is 9.47 Å². The van der Waals surface area contributed by atoms with Gasteiger partial charge in [-0.2, -0.15) is 0 Å². The van der Waals surface area contributed by atoms with Crippen LogP contribution in [0.5, 0.6) is 11.5 Å². The van der Waals surface area contributed by atoms with Crippen molar-refractivity contribution in [3.8, 4) is 11.5 Å². The summed E-state index contributed by atoms with van der Waals surface area (Å²) in [4.78, 5) is 11.6. The summed E-state index contributed by atoms with van der Waals surface area (Å²) in [5.74, 6) is 2.46. The number of aromatic nitrogens is 3. The molecule has 1 aromatic heterocycles. The van der Waals surface area contributed by atoms with Gasteiger partial charge in [-0.25, -0.2) is 4.79 Å². The van der Waals surface area contributed by atoms with Crippen molar-refractivity contribution in [2.45, 2.75) is 23.6 Å². The average molecular weight is 423 g/mol. The molecule has 4 rings (SSSR count). The molecule has 1 atom stereocenters. The van der Waals surface area contributed by atoms with Gasteiger partial charge in [0, 0.05) is 12.3 Å². The highest BCUT2D eigenvalue weighted by molar-refractivity contribution is 7.98. The Morgan fingerprint density at radius 2 is 2.00 bits per heavy atom. The van der Waals surface area contributed by atoms with Crippen molar-refractivity contribution >= 4 is 17.7 Å². The van der Waals surface area contributed by atoms with Gasteiger partial charge < -0.3 is 14.2 Å². The second-order valence-electron chi connectivity index (χ2n) is 6.58. The molecule has 1 aliphatic heterocycles. The van der Waals surface area contributed by atoms with Crippen LogP contribution in [-0.4, -0.2) is 34.5 Å². The first kappa shape index (κ1) is 20.0. The smallest absolute Gasteiger partial charge is 0.337 e. The molecule has 0 spiro atoms. The average Bonchev–Trinajstić information content (AvgIpc) is 3.20. The largest absolute Gasteiger partial charge is 0.485 e. The predicted molar refractivity (Wildman–Crippen MR) is 113 cm³/mol. The Morgan fingerprint density at radius 1 is 1.23 bits per heavy atom. The SMILES string of the molecule is C=CCn1c(SCc2ccc(C(=O)OC)cc2)nnc1C1COc2ccccc2O1. The molecule has 2 heterocycles. The molecule has 0 N–H and O–H groups in total. The first-order valence-electron chi connectivity index (χ1n) is 9.42. The minimum absolute atomic E-state index is 0.346. The van der Waals surface area contributed by atoms with E-state index in [9.17, 15) is 4.79 Å². The Balaban J connectivity index is 1.49. The van der Waals surface area contributed by atoms with Gasteiger partial charge in [0.2, 0.25) is 0 Å². The van der Waals surface area contributed by atoms with Gasteiger partial charge in [0.25, 0.3) is 0 Å². The molecule has 154 valence electrons. The Bertz CT molecular complexity index is 1050. The number of thioether (sulfide) groups is 1. The lowest BCUT2D eigenvalue weighted by atomic mass is 10.1. The molecule has 30 heavy (non-hydrogen) atoms. The first-order valence-corrected chi connectivity index (χ1v) is 10.4. The van der Waals surface area contributed by atoms with Crippen LogP contribution >= 0.6 is 11.8 Å². The molecule has 0 bridgehead atoms. The van der Waals surface area contributed by atoms with E-state index >= 15 is 0 Å². The zero-order valence-electron chi connectivity index (χ0n) is 16.5. The number of benzene rings is 2. The van der Waals surface area contributed by atoms with E-state index in [0.29, 0.717) is 36.0 Å². The van der Waals surface area contributed by atoms with Crippen LogP contribution in [0.25, 0.3) is 0 Å². The maximum atomic E-state index is 11.6. The number of carbonyl (C=O) groups is 1. The van der Waals surface area contributed by atoms with E-state index < -0.39 is 0 Å². The van der Waals surface area contributed by atoms with E-state index in [4.69, 9.17) is 14.2 Å². The number of para-hydroxylation sites is 2. The number of carbonyl (C=O) groups excluding carboxylic acids is 1. The van der Waals surface area contributed by atoms with Crippen LogP contribution in [0, 0.1) is 0 Å². The summed E-state index contributed by atoms with van der Waals surface area (Å²) < 4.78 is 18.6. The highest BCUT2D eigenvalue weighted by Gasteiger charge is 2.28. The Morgan fingerprint density at radius 3 is 2.73 bits per heavy atom. The summed E-state index contributed by atoms with van der Waals surface area (Å²) in [5, 5.41) is 9.50. The second kappa shape index (κ2) is 9.04. The van der Waals surface area contributed by atoms with Gasteiger partial charge in [0.1, 0.15) is 6.61 Å². The highest BCUT2D eigenvalue weighted by atomic mass is 32.2. The van der Waals surface area contributed by atoms with Crippen molar-refractivity contribution < 1.29 is 19.0 Å². The van der Waals surface area contributed by atoms with Crippen molar-refractivity contribution in [2.24, 2.45) is 0 Å². The summed E-state index contributed by atoms with van der Waals surface area (Å²) in [7, 11) is 1.37. The van der Waals surface area contributed by atoms with Gasteiger partial charge in [-0.1, -0.05) is 42.1 Å². The van der Waals surface area contributed by atoms with E-state index in [-0.39, 0.29) is 12.1 Å². The third-order valence-electron chi connectivity index (χ3n) is 4.60. The van der Waals surface area contributed by atoms with Crippen LogP contribution in [0.15, 0.2) is 66.3 Å². The van der Waals surface area contributed by atoms with Gasteiger partial charge in [-0.15, -0.1) is 16.8 Å². The molecular formula is C22H21N3O4S. The molecule has 0 saturated carbocycles. The third kappa shape index (κ3) is 4.18. The van der Waals surface area contributed by atoms with Crippen molar-refractivity contribution in [3.63, 3.8) is 0 Å². The van der Waals surface area contributed by atoms with Crippen molar-refractivity contribution in [1.82, 2.24) is 14.8 Å². The zero-order chi connectivity index (χ0) is 20.9. The van der Waals surface area contributed by atoms with Gasteiger partial charge in [0.15, 0.2) is 28.6 Å². The third-order valence-corrected chi connectivity index (χ3v) is 5.63. The molecule has 7 nitrogen and oxygen atoms in total. The fourth-order valence-corrected chi connectivity index (χ4v) is 4.01. The number of hydrogen-bond acceptors (Lipinski definition) is 7. The van der Waals surface area contributed by atoms with Crippen LogP contribution in [0.1, 0.15) is 27.8 Å². The fraction of sp³-hybridized carbons (Fsp3) is 0.227. The summed E-state index contributed by atoms with van der Waals surface area (Å²) in [6, 6.07) is 14.9. The number of hydrogen-bond donors (Lipinski definition) is 0. The molecule has 0 radical (unpaired) electrons.